The van der Waals surface area contributed by atoms with Crippen LogP contribution < -0.4 is 9.80 Å². The molecule has 0 N–H and O–H groups in total. The molecule has 58 heavy (non-hydrogen) atoms. The van der Waals surface area contributed by atoms with Crippen LogP contribution in [0.5, 0.6) is 0 Å². The van der Waals surface area contributed by atoms with Crippen molar-refractivity contribution in [3.63, 3.8) is 0 Å². The van der Waals surface area contributed by atoms with Gasteiger partial charge >= 0.3 is 0 Å². The molecule has 0 aliphatic carbocycles. The molecule has 0 radical (unpaired) electrons. The number of pyridine rings is 1. The van der Waals surface area contributed by atoms with Crippen molar-refractivity contribution in [2.24, 2.45) is 0 Å². The van der Waals surface area contributed by atoms with Crippen molar-refractivity contribution in [2.75, 3.05) is 9.80 Å². The SMILES string of the molecule is c1ccc(-c2cc(-c3ccccc3)cc(N(c3ccccc3)c3ccc4ccc5c(N(c6ccccc6)c6nccc7ccccc67)ccc6ccc3c4c65)c2)cc1. The zero-order valence-electron chi connectivity index (χ0n) is 31.7. The summed E-state index contributed by atoms with van der Waals surface area (Å²) in [6.07, 6.45) is 1.92. The molecule has 0 bridgehead atoms. The molecule has 11 rings (SSSR count). The maximum absolute atomic E-state index is 5.05. The van der Waals surface area contributed by atoms with Gasteiger partial charge in [-0.1, -0.05) is 158 Å². The van der Waals surface area contributed by atoms with Crippen LogP contribution in [0.2, 0.25) is 0 Å². The smallest absolute Gasteiger partial charge is 0.145 e. The number of rotatable bonds is 8. The van der Waals surface area contributed by atoms with E-state index in [4.69, 9.17) is 4.98 Å². The van der Waals surface area contributed by atoms with Crippen molar-refractivity contribution in [1.82, 2.24) is 4.98 Å². The van der Waals surface area contributed by atoms with E-state index >= 15 is 0 Å². The molecule has 0 saturated carbocycles. The Morgan fingerprint density at radius 1 is 0.293 bits per heavy atom. The highest BCUT2D eigenvalue weighted by atomic mass is 15.2. The Balaban J connectivity index is 1.17. The highest BCUT2D eigenvalue weighted by Crippen LogP contribution is 2.48. The fourth-order valence-electron chi connectivity index (χ4n) is 8.73. The molecule has 0 fully saturated rings. The summed E-state index contributed by atoms with van der Waals surface area (Å²) in [6.45, 7) is 0. The van der Waals surface area contributed by atoms with Crippen LogP contribution in [0.1, 0.15) is 0 Å². The zero-order chi connectivity index (χ0) is 38.4. The van der Waals surface area contributed by atoms with Crippen LogP contribution in [0.4, 0.5) is 34.3 Å². The average Bonchev–Trinajstić information content (AvgIpc) is 3.30. The third kappa shape index (κ3) is 5.72. The highest BCUT2D eigenvalue weighted by molar-refractivity contribution is 6.28. The molecule has 0 aliphatic rings. The second-order valence-corrected chi connectivity index (χ2v) is 14.8. The second-order valence-electron chi connectivity index (χ2n) is 14.8. The molecular formula is C55H37N3. The van der Waals surface area contributed by atoms with Crippen LogP contribution in [-0.4, -0.2) is 4.98 Å². The number of para-hydroxylation sites is 2. The predicted molar refractivity (Wildman–Crippen MR) is 246 cm³/mol. The van der Waals surface area contributed by atoms with Gasteiger partial charge in [-0.15, -0.1) is 0 Å². The van der Waals surface area contributed by atoms with E-state index in [-0.39, 0.29) is 0 Å². The lowest BCUT2D eigenvalue weighted by atomic mass is 9.91. The number of fused-ring (bicyclic) bond motifs is 1. The fourth-order valence-corrected chi connectivity index (χ4v) is 8.73. The first kappa shape index (κ1) is 33.6. The van der Waals surface area contributed by atoms with Gasteiger partial charge in [-0.3, -0.25) is 4.90 Å². The largest absolute Gasteiger partial charge is 0.310 e. The average molecular weight is 740 g/mol. The van der Waals surface area contributed by atoms with Crippen LogP contribution in [0.15, 0.2) is 225 Å². The molecule has 1 heterocycles. The quantitative estimate of drug-likeness (QED) is 0.145. The van der Waals surface area contributed by atoms with Crippen molar-refractivity contribution >= 4 is 77.3 Å². The Morgan fingerprint density at radius 2 is 0.759 bits per heavy atom. The van der Waals surface area contributed by atoms with Crippen LogP contribution >= 0.6 is 0 Å². The summed E-state index contributed by atoms with van der Waals surface area (Å²) in [5, 5.41) is 9.53. The third-order valence-corrected chi connectivity index (χ3v) is 11.4. The molecule has 3 nitrogen and oxygen atoms in total. The first-order chi connectivity index (χ1) is 28.8. The minimum atomic E-state index is 0.905. The number of hydrogen-bond donors (Lipinski definition) is 0. The summed E-state index contributed by atoms with van der Waals surface area (Å²) in [6, 6.07) is 78.7. The van der Waals surface area contributed by atoms with E-state index in [0.717, 1.165) is 45.0 Å². The minimum Gasteiger partial charge on any atom is -0.310 e. The monoisotopic (exact) mass is 739 g/mol. The van der Waals surface area contributed by atoms with Gasteiger partial charge in [0, 0.05) is 39.4 Å². The number of hydrogen-bond acceptors (Lipinski definition) is 3. The first-order valence-electron chi connectivity index (χ1n) is 19.8. The predicted octanol–water partition coefficient (Wildman–Crippen LogP) is 15.4. The van der Waals surface area contributed by atoms with Crippen LogP contribution in [0.3, 0.4) is 0 Å². The molecule has 10 aromatic carbocycles. The van der Waals surface area contributed by atoms with Crippen molar-refractivity contribution in [2.45, 2.75) is 0 Å². The number of benzene rings is 10. The van der Waals surface area contributed by atoms with E-state index in [9.17, 15) is 0 Å². The van der Waals surface area contributed by atoms with E-state index in [1.807, 2.05) is 6.20 Å². The summed E-state index contributed by atoms with van der Waals surface area (Å²) in [4.78, 5) is 9.81. The molecule has 1 aromatic heterocycles. The maximum atomic E-state index is 5.05. The van der Waals surface area contributed by atoms with E-state index in [1.54, 1.807) is 0 Å². The summed E-state index contributed by atoms with van der Waals surface area (Å²) in [5.74, 6) is 0.905. The molecule has 0 unspecified atom stereocenters. The van der Waals surface area contributed by atoms with E-state index in [1.165, 1.54) is 54.6 Å². The van der Waals surface area contributed by atoms with Crippen molar-refractivity contribution in [3.05, 3.63) is 225 Å². The third-order valence-electron chi connectivity index (χ3n) is 11.4. The van der Waals surface area contributed by atoms with Gasteiger partial charge in [0.05, 0.1) is 11.4 Å². The van der Waals surface area contributed by atoms with Gasteiger partial charge in [-0.2, -0.15) is 0 Å². The Kier molecular flexibility index (Phi) is 8.15. The zero-order valence-corrected chi connectivity index (χ0v) is 31.7. The number of anilines is 6. The first-order valence-corrected chi connectivity index (χ1v) is 19.8. The molecule has 0 spiro atoms. The number of aromatic nitrogens is 1. The Labute approximate surface area is 337 Å². The molecule has 0 aliphatic heterocycles. The van der Waals surface area contributed by atoms with Crippen LogP contribution in [0, 0.1) is 0 Å². The van der Waals surface area contributed by atoms with Crippen molar-refractivity contribution < 1.29 is 0 Å². The normalized spacial score (nSPS) is 11.4. The summed E-state index contributed by atoms with van der Waals surface area (Å²) in [7, 11) is 0. The van der Waals surface area contributed by atoms with Crippen molar-refractivity contribution in [1.29, 1.82) is 0 Å². The molecule has 11 aromatic rings. The van der Waals surface area contributed by atoms with Gasteiger partial charge in [0.25, 0.3) is 0 Å². The standard InChI is InChI=1S/C55H37N3/c1-5-15-38(16-6-1)43-35-44(39-17-7-2-8-18-39)37-47(36-43)57(45-20-9-3-10-21-45)51-31-27-41-26-30-50-52(32-28-42-25-29-49(51)53(41)54(42)50)58(46-22-11-4-12-23-46)55-48-24-14-13-19-40(48)33-34-56-55/h1-37H. The van der Waals surface area contributed by atoms with Gasteiger partial charge in [0.15, 0.2) is 0 Å². The van der Waals surface area contributed by atoms with E-state index in [2.05, 4.69) is 228 Å². The van der Waals surface area contributed by atoms with E-state index < -0.39 is 0 Å². The number of nitrogens with zero attached hydrogens (tertiary/aromatic N) is 3. The van der Waals surface area contributed by atoms with Crippen molar-refractivity contribution in [3.8, 4) is 22.3 Å². The lowest BCUT2D eigenvalue weighted by Crippen LogP contribution is -2.13. The molecule has 0 amide bonds. The van der Waals surface area contributed by atoms with Crippen LogP contribution in [0.25, 0.3) is 65.3 Å². The van der Waals surface area contributed by atoms with Gasteiger partial charge < -0.3 is 4.90 Å². The lowest BCUT2D eigenvalue weighted by molar-refractivity contribution is 1.21. The van der Waals surface area contributed by atoms with Gasteiger partial charge in [0.1, 0.15) is 5.82 Å². The lowest BCUT2D eigenvalue weighted by Gasteiger charge is -2.30. The van der Waals surface area contributed by atoms with Gasteiger partial charge in [-0.25, -0.2) is 4.98 Å². The minimum absolute atomic E-state index is 0.905. The fraction of sp³-hybridized carbons (Fsp3) is 0. The van der Waals surface area contributed by atoms with Gasteiger partial charge in [0.2, 0.25) is 0 Å². The summed E-state index contributed by atoms with van der Waals surface area (Å²) >= 11 is 0. The highest BCUT2D eigenvalue weighted by Gasteiger charge is 2.23. The molecule has 0 atom stereocenters. The van der Waals surface area contributed by atoms with E-state index in [0.29, 0.717) is 0 Å². The Morgan fingerprint density at radius 3 is 1.33 bits per heavy atom. The second kappa shape index (κ2) is 14.1. The van der Waals surface area contributed by atoms with Crippen LogP contribution in [-0.2, 0) is 0 Å². The van der Waals surface area contributed by atoms with Gasteiger partial charge in [-0.05, 0) is 110 Å². The summed E-state index contributed by atoms with van der Waals surface area (Å²) in [5.41, 5.74) is 10.2. The molecular weight excluding hydrogens is 703 g/mol. The Bertz CT molecular complexity index is 3150. The maximum Gasteiger partial charge on any atom is 0.145 e. The topological polar surface area (TPSA) is 19.4 Å². The molecule has 0 saturated heterocycles. The summed E-state index contributed by atoms with van der Waals surface area (Å²) < 4.78 is 0. The molecule has 272 valence electrons. The molecule has 3 heteroatoms. The Hall–Kier alpha value is -7.75.